The van der Waals surface area contributed by atoms with E-state index in [4.69, 9.17) is 4.42 Å². The van der Waals surface area contributed by atoms with Crippen molar-refractivity contribution in [1.82, 2.24) is 10.3 Å². The molecule has 0 amide bonds. The van der Waals surface area contributed by atoms with Crippen LogP contribution in [0, 0.1) is 11.8 Å². The zero-order valence-corrected chi connectivity index (χ0v) is 12.9. The Morgan fingerprint density at radius 3 is 2.61 bits per heavy atom. The quantitative estimate of drug-likeness (QED) is 0.789. The highest BCUT2D eigenvalue weighted by Gasteiger charge is 2.36. The Hall–Kier alpha value is -2.33. The van der Waals surface area contributed by atoms with Crippen LogP contribution in [0.3, 0.4) is 0 Å². The van der Waals surface area contributed by atoms with E-state index in [0.29, 0.717) is 0 Å². The van der Waals surface area contributed by atoms with E-state index in [1.165, 1.54) is 5.69 Å². The molecule has 3 aromatic rings. The van der Waals surface area contributed by atoms with Crippen molar-refractivity contribution in [1.29, 1.82) is 0 Å². The zero-order chi connectivity index (χ0) is 15.2. The van der Waals surface area contributed by atoms with Crippen molar-refractivity contribution in [2.24, 2.45) is 11.8 Å². The number of rotatable bonds is 2. The lowest BCUT2D eigenvalue weighted by atomic mass is 10.0. The van der Waals surface area contributed by atoms with E-state index in [9.17, 15) is 0 Å². The molecule has 2 fully saturated rings. The number of furan rings is 1. The lowest BCUT2D eigenvalue weighted by Gasteiger charge is -2.19. The molecule has 4 nitrogen and oxygen atoms in total. The average Bonchev–Trinajstić information content (AvgIpc) is 3.28. The molecule has 2 unspecified atom stereocenters. The second-order valence-corrected chi connectivity index (χ2v) is 6.63. The van der Waals surface area contributed by atoms with E-state index in [0.717, 1.165) is 60.4 Å². The Bertz CT molecular complexity index is 794. The second kappa shape index (κ2) is 5.10. The maximum absolute atomic E-state index is 5.90. The predicted molar refractivity (Wildman–Crippen MR) is 91.5 cm³/mol. The van der Waals surface area contributed by atoms with Crippen LogP contribution in [0.15, 0.2) is 53.1 Å². The van der Waals surface area contributed by atoms with Gasteiger partial charge in [0.2, 0.25) is 0 Å². The first-order chi connectivity index (χ1) is 11.4. The number of fused-ring (bicyclic) bond motifs is 2. The van der Waals surface area contributed by atoms with Crippen molar-refractivity contribution in [3.63, 3.8) is 0 Å². The third-order valence-corrected chi connectivity index (χ3v) is 5.18. The minimum Gasteiger partial charge on any atom is -0.454 e. The van der Waals surface area contributed by atoms with Crippen LogP contribution in [0.5, 0.6) is 0 Å². The number of nitrogens with zero attached hydrogens (tertiary/aromatic N) is 2. The van der Waals surface area contributed by atoms with Gasteiger partial charge in [-0.1, -0.05) is 18.2 Å². The molecule has 116 valence electrons. The molecule has 2 saturated heterocycles. The van der Waals surface area contributed by atoms with Gasteiger partial charge in [0.25, 0.3) is 0 Å². The van der Waals surface area contributed by atoms with Crippen molar-refractivity contribution in [2.75, 3.05) is 31.1 Å². The van der Waals surface area contributed by atoms with Gasteiger partial charge in [-0.2, -0.15) is 0 Å². The highest BCUT2D eigenvalue weighted by molar-refractivity contribution is 5.82. The Morgan fingerprint density at radius 1 is 1.04 bits per heavy atom. The number of anilines is 1. The van der Waals surface area contributed by atoms with Gasteiger partial charge < -0.3 is 14.6 Å². The SMILES string of the molecule is c1ccc2oc(-c3ccc(N4CC5CNCC5C4)cn3)cc2c1. The minimum atomic E-state index is 0.796. The lowest BCUT2D eigenvalue weighted by molar-refractivity contribution is 0.533. The fourth-order valence-corrected chi connectivity index (χ4v) is 3.89. The van der Waals surface area contributed by atoms with E-state index < -0.39 is 0 Å². The van der Waals surface area contributed by atoms with E-state index in [1.807, 2.05) is 24.4 Å². The van der Waals surface area contributed by atoms with Gasteiger partial charge in [0, 0.05) is 31.6 Å². The van der Waals surface area contributed by atoms with Gasteiger partial charge in [0.1, 0.15) is 11.3 Å². The van der Waals surface area contributed by atoms with Crippen LogP contribution in [0.25, 0.3) is 22.4 Å². The zero-order valence-electron chi connectivity index (χ0n) is 12.9. The fraction of sp³-hybridized carbons (Fsp3) is 0.316. The Labute approximate surface area is 135 Å². The van der Waals surface area contributed by atoms with Crippen LogP contribution in [0.2, 0.25) is 0 Å². The monoisotopic (exact) mass is 305 g/mol. The lowest BCUT2D eigenvalue weighted by Crippen LogP contribution is -2.25. The number of aromatic nitrogens is 1. The standard InChI is InChI=1S/C19H19N3O/c1-2-4-18-13(3-1)7-19(23-18)17-6-5-16(10-21-17)22-11-14-8-20-9-15(14)12-22/h1-7,10,14-15,20H,8-9,11-12H2. The molecular formula is C19H19N3O. The molecule has 1 aromatic carbocycles. The van der Waals surface area contributed by atoms with Crippen molar-refractivity contribution >= 4 is 16.7 Å². The Morgan fingerprint density at radius 2 is 1.87 bits per heavy atom. The number of para-hydroxylation sites is 1. The summed E-state index contributed by atoms with van der Waals surface area (Å²) < 4.78 is 5.90. The Balaban J connectivity index is 1.41. The summed E-state index contributed by atoms with van der Waals surface area (Å²) >= 11 is 0. The maximum atomic E-state index is 5.90. The molecule has 0 bridgehead atoms. The molecule has 2 atom stereocenters. The molecule has 4 heteroatoms. The summed E-state index contributed by atoms with van der Waals surface area (Å²) in [4.78, 5) is 7.10. The highest BCUT2D eigenvalue weighted by Crippen LogP contribution is 2.32. The summed E-state index contributed by atoms with van der Waals surface area (Å²) in [6.07, 6.45) is 1.98. The van der Waals surface area contributed by atoms with Crippen molar-refractivity contribution in [3.05, 3.63) is 48.7 Å². The molecule has 4 heterocycles. The average molecular weight is 305 g/mol. The van der Waals surface area contributed by atoms with Crippen LogP contribution < -0.4 is 10.2 Å². The van der Waals surface area contributed by atoms with E-state index >= 15 is 0 Å². The van der Waals surface area contributed by atoms with Crippen LogP contribution in [-0.4, -0.2) is 31.2 Å². The number of hydrogen-bond acceptors (Lipinski definition) is 4. The molecule has 5 rings (SSSR count). The molecular weight excluding hydrogens is 286 g/mol. The van der Waals surface area contributed by atoms with Crippen LogP contribution in [-0.2, 0) is 0 Å². The summed E-state index contributed by atoms with van der Waals surface area (Å²) in [6, 6.07) is 14.4. The van der Waals surface area contributed by atoms with Gasteiger partial charge in [0.15, 0.2) is 5.76 Å². The number of hydrogen-bond donors (Lipinski definition) is 1. The molecule has 2 aromatic heterocycles. The van der Waals surface area contributed by atoms with E-state index in [-0.39, 0.29) is 0 Å². The third kappa shape index (κ3) is 2.21. The summed E-state index contributed by atoms with van der Waals surface area (Å²) in [5.74, 6) is 2.43. The second-order valence-electron chi connectivity index (χ2n) is 6.63. The summed E-state index contributed by atoms with van der Waals surface area (Å²) in [7, 11) is 0. The first kappa shape index (κ1) is 13.1. The summed E-state index contributed by atoms with van der Waals surface area (Å²) in [5.41, 5.74) is 3.03. The van der Waals surface area contributed by atoms with Gasteiger partial charge in [-0.15, -0.1) is 0 Å². The van der Waals surface area contributed by atoms with Gasteiger partial charge in [-0.05, 0) is 36.1 Å². The normalized spacial score (nSPS) is 23.6. The van der Waals surface area contributed by atoms with Crippen LogP contribution in [0.4, 0.5) is 5.69 Å². The number of benzene rings is 1. The Kier molecular flexibility index (Phi) is 2.91. The number of pyridine rings is 1. The predicted octanol–water partition coefficient (Wildman–Crippen LogP) is 3.15. The van der Waals surface area contributed by atoms with Gasteiger partial charge in [0.05, 0.1) is 11.9 Å². The topological polar surface area (TPSA) is 41.3 Å². The van der Waals surface area contributed by atoms with E-state index in [1.54, 1.807) is 0 Å². The van der Waals surface area contributed by atoms with Crippen LogP contribution >= 0.6 is 0 Å². The fourth-order valence-electron chi connectivity index (χ4n) is 3.89. The molecule has 23 heavy (non-hydrogen) atoms. The molecule has 0 aliphatic carbocycles. The molecule has 0 spiro atoms. The smallest absolute Gasteiger partial charge is 0.153 e. The van der Waals surface area contributed by atoms with Crippen LogP contribution in [0.1, 0.15) is 0 Å². The summed E-state index contributed by atoms with van der Waals surface area (Å²) in [5, 5.41) is 4.60. The molecule has 2 aliphatic rings. The molecule has 1 N–H and O–H groups in total. The minimum absolute atomic E-state index is 0.796. The maximum Gasteiger partial charge on any atom is 0.153 e. The van der Waals surface area contributed by atoms with Crippen molar-refractivity contribution < 1.29 is 4.42 Å². The van der Waals surface area contributed by atoms with Crippen molar-refractivity contribution in [3.8, 4) is 11.5 Å². The van der Waals surface area contributed by atoms with E-state index in [2.05, 4.69) is 39.5 Å². The van der Waals surface area contributed by atoms with Crippen molar-refractivity contribution in [2.45, 2.75) is 0 Å². The van der Waals surface area contributed by atoms with Gasteiger partial charge in [-0.3, -0.25) is 4.98 Å². The largest absolute Gasteiger partial charge is 0.454 e. The van der Waals surface area contributed by atoms with Gasteiger partial charge >= 0.3 is 0 Å². The molecule has 0 saturated carbocycles. The highest BCUT2D eigenvalue weighted by atomic mass is 16.3. The van der Waals surface area contributed by atoms with Gasteiger partial charge in [-0.25, -0.2) is 0 Å². The molecule has 0 radical (unpaired) electrons. The first-order valence-electron chi connectivity index (χ1n) is 8.27. The summed E-state index contributed by atoms with van der Waals surface area (Å²) in [6.45, 7) is 4.60. The first-order valence-corrected chi connectivity index (χ1v) is 8.27. The third-order valence-electron chi connectivity index (χ3n) is 5.18. The molecule has 2 aliphatic heterocycles. The number of nitrogens with one attached hydrogen (secondary N) is 1.